The summed E-state index contributed by atoms with van der Waals surface area (Å²) in [5, 5.41) is 1.86. The lowest BCUT2D eigenvalue weighted by atomic mass is 10.4. The summed E-state index contributed by atoms with van der Waals surface area (Å²) in [7, 11) is 0. The highest BCUT2D eigenvalue weighted by molar-refractivity contribution is 8.14. The van der Waals surface area contributed by atoms with Crippen molar-refractivity contribution >= 4 is 23.2 Å². The molecule has 0 fully saturated rings. The van der Waals surface area contributed by atoms with Crippen molar-refractivity contribution in [3.05, 3.63) is 11.5 Å². The van der Waals surface area contributed by atoms with Gasteiger partial charge in [-0.1, -0.05) is 17.8 Å². The molecule has 1 heterocycles. The first kappa shape index (κ1) is 5.56. The Morgan fingerprint density at radius 3 is 3.50 bits per heavy atom. The molecule has 0 bridgehead atoms. The fraction of sp³-hybridized carbons (Fsp3) is 0.200. The maximum Gasteiger partial charge on any atom is 0.249 e. The molecule has 0 aliphatic carbocycles. The Morgan fingerprint density at radius 2 is 2.62 bits per heavy atom. The number of carbonyl (C=O) groups is 1. The summed E-state index contributed by atoms with van der Waals surface area (Å²) < 4.78 is 0. The smallest absolute Gasteiger partial charge is 0.249 e. The maximum absolute atomic E-state index is 10.4. The summed E-state index contributed by atoms with van der Waals surface area (Å²) in [6, 6.07) is 0. The summed E-state index contributed by atoms with van der Waals surface area (Å²) in [5.74, 6) is -0.0637. The number of amides is 1. The van der Waals surface area contributed by atoms with Crippen LogP contribution in [0.2, 0.25) is 0 Å². The molecule has 1 aliphatic heterocycles. The van der Waals surface area contributed by atoms with Crippen molar-refractivity contribution in [2.45, 2.75) is 6.42 Å². The van der Waals surface area contributed by atoms with Gasteiger partial charge in [-0.25, -0.2) is 4.99 Å². The average Bonchev–Trinajstić information content (AvgIpc) is 1.94. The fourth-order valence-corrected chi connectivity index (χ4v) is 0.838. The van der Waals surface area contributed by atoms with Gasteiger partial charge in [-0.15, -0.1) is 0 Å². The van der Waals surface area contributed by atoms with E-state index in [1.54, 1.807) is 11.6 Å². The topological polar surface area (TPSA) is 29.4 Å². The Bertz CT molecular complexity index is 151. The molecule has 42 valence electrons. The molecule has 0 N–H and O–H groups in total. The van der Waals surface area contributed by atoms with Gasteiger partial charge in [-0.3, -0.25) is 4.79 Å². The minimum Gasteiger partial charge on any atom is -0.272 e. The standard InChI is InChI=1S/C5H5NOS/c7-5-2-1-3-8-4-6-5/h1,3-4H,2H2. The number of carbonyl (C=O) groups excluding carboxylic acids is 1. The van der Waals surface area contributed by atoms with Crippen LogP contribution in [0.25, 0.3) is 0 Å². The molecular weight excluding hydrogens is 122 g/mol. The van der Waals surface area contributed by atoms with Crippen molar-refractivity contribution < 1.29 is 4.79 Å². The molecule has 1 rings (SSSR count). The van der Waals surface area contributed by atoms with Crippen LogP contribution in [0.15, 0.2) is 16.5 Å². The van der Waals surface area contributed by atoms with Gasteiger partial charge in [-0.2, -0.15) is 0 Å². The van der Waals surface area contributed by atoms with E-state index in [4.69, 9.17) is 0 Å². The van der Waals surface area contributed by atoms with Crippen molar-refractivity contribution in [3.63, 3.8) is 0 Å². The van der Waals surface area contributed by atoms with Crippen molar-refractivity contribution in [3.8, 4) is 0 Å². The van der Waals surface area contributed by atoms with E-state index in [1.165, 1.54) is 11.8 Å². The van der Waals surface area contributed by atoms with Crippen LogP contribution in [0.4, 0.5) is 0 Å². The van der Waals surface area contributed by atoms with Gasteiger partial charge in [0.15, 0.2) is 0 Å². The van der Waals surface area contributed by atoms with E-state index in [0.717, 1.165) is 0 Å². The second-order valence-corrected chi connectivity index (χ2v) is 2.10. The van der Waals surface area contributed by atoms with Gasteiger partial charge in [0.2, 0.25) is 5.91 Å². The molecule has 0 saturated heterocycles. The first-order chi connectivity index (χ1) is 3.89. The summed E-state index contributed by atoms with van der Waals surface area (Å²) in [6.07, 6.45) is 2.25. The summed E-state index contributed by atoms with van der Waals surface area (Å²) in [5.41, 5.74) is 1.55. The highest BCUT2D eigenvalue weighted by Gasteiger charge is 1.94. The Morgan fingerprint density at radius 1 is 1.75 bits per heavy atom. The van der Waals surface area contributed by atoms with Crippen LogP contribution in [0, 0.1) is 0 Å². The molecule has 0 unspecified atom stereocenters. The zero-order chi connectivity index (χ0) is 5.82. The predicted molar refractivity (Wildman–Crippen MR) is 34.8 cm³/mol. The third-order valence-corrected chi connectivity index (χ3v) is 1.30. The summed E-state index contributed by atoms with van der Waals surface area (Å²) >= 11 is 1.43. The zero-order valence-electron chi connectivity index (χ0n) is 4.20. The Hall–Kier alpha value is -0.570. The fourth-order valence-electron chi connectivity index (χ4n) is 0.382. The van der Waals surface area contributed by atoms with E-state index in [-0.39, 0.29) is 5.91 Å². The third-order valence-electron chi connectivity index (χ3n) is 0.725. The highest BCUT2D eigenvalue weighted by atomic mass is 32.2. The van der Waals surface area contributed by atoms with Gasteiger partial charge in [0, 0.05) is 6.42 Å². The second kappa shape index (κ2) is 2.67. The molecule has 2 nitrogen and oxygen atoms in total. The molecule has 0 aromatic carbocycles. The first-order valence-corrected chi connectivity index (χ1v) is 3.20. The van der Waals surface area contributed by atoms with Gasteiger partial charge in [0.05, 0.1) is 5.55 Å². The number of thioether (sulfide) groups is 1. The molecular formula is C5H5NOS. The highest BCUT2D eigenvalue weighted by Crippen LogP contribution is 2.03. The predicted octanol–water partition coefficient (Wildman–Crippen LogP) is 1.19. The van der Waals surface area contributed by atoms with Crippen LogP contribution in [0.5, 0.6) is 0 Å². The van der Waals surface area contributed by atoms with Crippen LogP contribution < -0.4 is 0 Å². The van der Waals surface area contributed by atoms with Crippen molar-refractivity contribution in [1.82, 2.24) is 0 Å². The van der Waals surface area contributed by atoms with Crippen molar-refractivity contribution in [1.29, 1.82) is 0 Å². The molecule has 0 aromatic rings. The number of rotatable bonds is 0. The minimum atomic E-state index is -0.0637. The second-order valence-electron chi connectivity index (χ2n) is 1.34. The van der Waals surface area contributed by atoms with Gasteiger partial charge < -0.3 is 0 Å². The van der Waals surface area contributed by atoms with Crippen LogP contribution in [0.3, 0.4) is 0 Å². The largest absolute Gasteiger partial charge is 0.272 e. The molecule has 3 heteroatoms. The maximum atomic E-state index is 10.4. The Labute approximate surface area is 51.7 Å². The number of aliphatic imine (C=N–C) groups is 1. The van der Waals surface area contributed by atoms with Gasteiger partial charge in [-0.05, 0) is 5.41 Å². The molecule has 0 atom stereocenters. The quantitative estimate of drug-likeness (QED) is 0.489. The van der Waals surface area contributed by atoms with E-state index < -0.39 is 0 Å². The number of hydrogen-bond donors (Lipinski definition) is 0. The molecule has 0 spiro atoms. The van der Waals surface area contributed by atoms with Crippen LogP contribution in [0.1, 0.15) is 6.42 Å². The lowest BCUT2D eigenvalue weighted by molar-refractivity contribution is -0.116. The number of nitrogens with zero attached hydrogens (tertiary/aromatic N) is 1. The zero-order valence-corrected chi connectivity index (χ0v) is 5.02. The van der Waals surface area contributed by atoms with Crippen LogP contribution >= 0.6 is 11.8 Å². The Balaban J connectivity index is 2.61. The Kier molecular flexibility index (Phi) is 1.86. The van der Waals surface area contributed by atoms with Gasteiger partial charge in [0.25, 0.3) is 0 Å². The lowest BCUT2D eigenvalue weighted by Gasteiger charge is -1.77. The molecule has 1 aliphatic rings. The average molecular weight is 127 g/mol. The van der Waals surface area contributed by atoms with E-state index in [0.29, 0.717) is 6.42 Å². The molecule has 0 saturated carbocycles. The first-order valence-electron chi connectivity index (χ1n) is 2.25. The van der Waals surface area contributed by atoms with Crippen molar-refractivity contribution in [2.24, 2.45) is 4.99 Å². The normalized spacial score (nSPS) is 18.8. The molecule has 1 amide bonds. The van der Waals surface area contributed by atoms with Gasteiger partial charge in [0.1, 0.15) is 0 Å². The van der Waals surface area contributed by atoms with Crippen molar-refractivity contribution in [2.75, 3.05) is 0 Å². The van der Waals surface area contributed by atoms with Crippen LogP contribution in [-0.2, 0) is 4.79 Å². The lowest BCUT2D eigenvalue weighted by Crippen LogP contribution is -1.86. The van der Waals surface area contributed by atoms with E-state index in [2.05, 4.69) is 4.99 Å². The monoisotopic (exact) mass is 127 g/mol. The third kappa shape index (κ3) is 1.50. The van der Waals surface area contributed by atoms with Crippen LogP contribution in [-0.4, -0.2) is 11.5 Å². The molecule has 0 aromatic heterocycles. The SMILES string of the molecule is O=C1CC=CSC=N1. The minimum absolute atomic E-state index is 0.0637. The molecule has 8 heavy (non-hydrogen) atoms. The summed E-state index contributed by atoms with van der Waals surface area (Å²) in [4.78, 5) is 14.0. The van der Waals surface area contributed by atoms with E-state index in [9.17, 15) is 4.79 Å². The van der Waals surface area contributed by atoms with E-state index in [1.807, 2.05) is 5.41 Å². The molecule has 0 radical (unpaired) electrons. The number of hydrogen-bond acceptors (Lipinski definition) is 2. The van der Waals surface area contributed by atoms with E-state index >= 15 is 0 Å². The van der Waals surface area contributed by atoms with Gasteiger partial charge >= 0.3 is 0 Å². The summed E-state index contributed by atoms with van der Waals surface area (Å²) in [6.45, 7) is 0.